The Kier molecular flexibility index (Phi) is 4.13. The summed E-state index contributed by atoms with van der Waals surface area (Å²) in [6, 6.07) is 5.99. The second kappa shape index (κ2) is 5.64. The molecular weight excluding hydrogens is 240 g/mol. The van der Waals surface area contributed by atoms with Crippen LogP contribution >= 0.6 is 0 Å². The molecule has 1 N–H and O–H groups in total. The second-order valence-corrected chi connectivity index (χ2v) is 5.70. The van der Waals surface area contributed by atoms with Crippen molar-refractivity contribution >= 4 is 5.97 Å². The van der Waals surface area contributed by atoms with Crippen LogP contribution in [0.4, 0.5) is 0 Å². The van der Waals surface area contributed by atoms with E-state index in [2.05, 4.69) is 6.07 Å². The predicted molar refractivity (Wildman–Crippen MR) is 74.6 cm³/mol. The largest absolute Gasteiger partial charge is 0.492 e. The van der Waals surface area contributed by atoms with Crippen molar-refractivity contribution in [3.8, 4) is 5.75 Å². The average molecular weight is 262 g/mol. The van der Waals surface area contributed by atoms with E-state index in [4.69, 9.17) is 4.74 Å². The first-order valence-electron chi connectivity index (χ1n) is 6.97. The maximum absolute atomic E-state index is 11.6. The van der Waals surface area contributed by atoms with Gasteiger partial charge >= 0.3 is 5.97 Å². The number of hydrogen-bond donors (Lipinski definition) is 1. The molecule has 0 atom stereocenters. The fourth-order valence-electron chi connectivity index (χ4n) is 2.83. The molecule has 0 heterocycles. The summed E-state index contributed by atoms with van der Waals surface area (Å²) < 4.78 is 5.82. The number of carboxylic acid groups (broad SMARTS) is 1. The van der Waals surface area contributed by atoms with Crippen LogP contribution in [0.1, 0.15) is 43.2 Å². The van der Waals surface area contributed by atoms with Crippen molar-refractivity contribution < 1.29 is 14.6 Å². The van der Waals surface area contributed by atoms with Gasteiger partial charge in [-0.3, -0.25) is 4.79 Å². The summed E-state index contributed by atoms with van der Waals surface area (Å²) >= 11 is 0. The lowest BCUT2D eigenvalue weighted by Gasteiger charge is -2.33. The highest BCUT2D eigenvalue weighted by Crippen LogP contribution is 2.37. The van der Waals surface area contributed by atoms with E-state index in [0.29, 0.717) is 0 Å². The Morgan fingerprint density at radius 2 is 1.95 bits per heavy atom. The van der Waals surface area contributed by atoms with Gasteiger partial charge in [-0.1, -0.05) is 37.0 Å². The minimum atomic E-state index is -0.711. The van der Waals surface area contributed by atoms with Gasteiger partial charge in [0.25, 0.3) is 0 Å². The fraction of sp³-hybridized carbons (Fsp3) is 0.562. The number of benzene rings is 1. The number of ether oxygens (including phenoxy) is 1. The molecule has 0 saturated heterocycles. The van der Waals surface area contributed by atoms with Crippen LogP contribution in [0.3, 0.4) is 0 Å². The molecule has 0 spiro atoms. The molecule has 0 aliphatic heterocycles. The van der Waals surface area contributed by atoms with E-state index < -0.39 is 11.4 Å². The van der Waals surface area contributed by atoms with Crippen LogP contribution in [-0.2, 0) is 4.79 Å². The Morgan fingerprint density at radius 1 is 1.26 bits per heavy atom. The Morgan fingerprint density at radius 3 is 2.53 bits per heavy atom. The van der Waals surface area contributed by atoms with Gasteiger partial charge in [0.05, 0.1) is 0 Å². The Balaban J connectivity index is 2.08. The average Bonchev–Trinajstić information content (AvgIpc) is 2.38. The Labute approximate surface area is 114 Å². The monoisotopic (exact) mass is 262 g/mol. The van der Waals surface area contributed by atoms with E-state index in [9.17, 15) is 9.90 Å². The smallest absolute Gasteiger partial charge is 0.313 e. The summed E-state index contributed by atoms with van der Waals surface area (Å²) in [5, 5.41) is 9.50. The van der Waals surface area contributed by atoms with Crippen molar-refractivity contribution in [1.82, 2.24) is 0 Å². The molecular formula is C16H22O3. The molecule has 3 nitrogen and oxygen atoms in total. The van der Waals surface area contributed by atoms with Crippen LogP contribution in [0.5, 0.6) is 5.75 Å². The van der Waals surface area contributed by atoms with Gasteiger partial charge < -0.3 is 9.84 Å². The number of aliphatic carboxylic acids is 1. The third-order valence-electron chi connectivity index (χ3n) is 4.10. The summed E-state index contributed by atoms with van der Waals surface area (Å²) in [5.74, 6) is 0.0914. The van der Waals surface area contributed by atoms with Gasteiger partial charge in [-0.25, -0.2) is 0 Å². The van der Waals surface area contributed by atoms with Crippen LogP contribution in [0.2, 0.25) is 0 Å². The highest BCUT2D eigenvalue weighted by Gasteiger charge is 2.40. The van der Waals surface area contributed by atoms with E-state index in [1.807, 2.05) is 26.0 Å². The van der Waals surface area contributed by atoms with Gasteiger partial charge in [-0.15, -0.1) is 0 Å². The lowest BCUT2D eigenvalue weighted by Crippen LogP contribution is -2.39. The molecule has 19 heavy (non-hydrogen) atoms. The highest BCUT2D eigenvalue weighted by molar-refractivity contribution is 5.75. The Bertz CT molecular complexity index is 459. The molecule has 0 radical (unpaired) electrons. The van der Waals surface area contributed by atoms with Gasteiger partial charge in [-0.05, 0) is 38.3 Å². The van der Waals surface area contributed by atoms with Gasteiger partial charge in [0.2, 0.25) is 0 Å². The van der Waals surface area contributed by atoms with Crippen LogP contribution in [0, 0.1) is 19.3 Å². The minimum absolute atomic E-state index is 0.284. The molecule has 1 aliphatic carbocycles. The number of carbonyl (C=O) groups is 1. The van der Waals surface area contributed by atoms with E-state index in [1.165, 1.54) is 5.56 Å². The third kappa shape index (κ3) is 3.09. The maximum Gasteiger partial charge on any atom is 0.313 e. The zero-order valence-corrected chi connectivity index (χ0v) is 11.7. The number of aryl methyl sites for hydroxylation is 2. The van der Waals surface area contributed by atoms with Gasteiger partial charge in [0.15, 0.2) is 0 Å². The lowest BCUT2D eigenvalue weighted by atomic mass is 9.75. The SMILES string of the molecule is Cc1ccc(OCC2(C(=O)O)CCCCC2)c(C)c1. The van der Waals surface area contributed by atoms with Crippen molar-refractivity contribution in [2.24, 2.45) is 5.41 Å². The van der Waals surface area contributed by atoms with Crippen molar-refractivity contribution in [1.29, 1.82) is 0 Å². The molecule has 0 amide bonds. The standard InChI is InChI=1S/C16H22O3/c1-12-6-7-14(13(2)10-12)19-11-16(15(17)18)8-4-3-5-9-16/h6-7,10H,3-5,8-9,11H2,1-2H3,(H,17,18). The molecule has 3 heteroatoms. The fourth-order valence-corrected chi connectivity index (χ4v) is 2.83. The molecule has 104 valence electrons. The number of rotatable bonds is 4. The summed E-state index contributed by atoms with van der Waals surface area (Å²) in [5.41, 5.74) is 1.57. The first-order chi connectivity index (χ1) is 9.03. The van der Waals surface area contributed by atoms with E-state index in [-0.39, 0.29) is 6.61 Å². The van der Waals surface area contributed by atoms with Crippen molar-refractivity contribution in [3.63, 3.8) is 0 Å². The van der Waals surface area contributed by atoms with E-state index in [0.717, 1.165) is 43.4 Å². The summed E-state index contributed by atoms with van der Waals surface area (Å²) in [4.78, 5) is 11.6. The quantitative estimate of drug-likeness (QED) is 0.899. The lowest BCUT2D eigenvalue weighted by molar-refractivity contribution is -0.153. The Hall–Kier alpha value is -1.51. The zero-order chi connectivity index (χ0) is 13.9. The molecule has 0 bridgehead atoms. The first-order valence-corrected chi connectivity index (χ1v) is 6.97. The number of hydrogen-bond acceptors (Lipinski definition) is 2. The molecule has 1 fully saturated rings. The molecule has 1 aromatic carbocycles. The topological polar surface area (TPSA) is 46.5 Å². The summed E-state index contributed by atoms with van der Waals surface area (Å²) in [6.07, 6.45) is 4.57. The highest BCUT2D eigenvalue weighted by atomic mass is 16.5. The first kappa shape index (κ1) is 13.9. The van der Waals surface area contributed by atoms with Crippen molar-refractivity contribution in [3.05, 3.63) is 29.3 Å². The predicted octanol–water partition coefficient (Wildman–Crippen LogP) is 3.72. The van der Waals surface area contributed by atoms with Gasteiger partial charge in [0.1, 0.15) is 17.8 Å². The molecule has 1 aliphatic rings. The van der Waals surface area contributed by atoms with Crippen LogP contribution in [0.15, 0.2) is 18.2 Å². The zero-order valence-electron chi connectivity index (χ0n) is 11.7. The minimum Gasteiger partial charge on any atom is -0.492 e. The van der Waals surface area contributed by atoms with E-state index in [1.54, 1.807) is 0 Å². The van der Waals surface area contributed by atoms with Gasteiger partial charge in [-0.2, -0.15) is 0 Å². The van der Waals surface area contributed by atoms with Crippen LogP contribution in [0.25, 0.3) is 0 Å². The molecule has 1 aromatic rings. The summed E-state index contributed by atoms with van der Waals surface area (Å²) in [7, 11) is 0. The van der Waals surface area contributed by atoms with Gasteiger partial charge in [0, 0.05) is 0 Å². The van der Waals surface area contributed by atoms with Crippen molar-refractivity contribution in [2.75, 3.05) is 6.61 Å². The van der Waals surface area contributed by atoms with E-state index >= 15 is 0 Å². The molecule has 1 saturated carbocycles. The summed E-state index contributed by atoms with van der Waals surface area (Å²) in [6.45, 7) is 4.32. The normalized spacial score (nSPS) is 18.0. The molecule has 2 rings (SSSR count). The van der Waals surface area contributed by atoms with Crippen molar-refractivity contribution in [2.45, 2.75) is 46.0 Å². The number of carboxylic acids is 1. The molecule has 0 aromatic heterocycles. The second-order valence-electron chi connectivity index (χ2n) is 5.70. The third-order valence-corrected chi connectivity index (χ3v) is 4.10. The maximum atomic E-state index is 11.6. The van der Waals surface area contributed by atoms with Crippen LogP contribution in [-0.4, -0.2) is 17.7 Å². The van der Waals surface area contributed by atoms with Crippen LogP contribution < -0.4 is 4.74 Å². The molecule has 0 unspecified atom stereocenters.